The molecule has 2 heteroatoms. The van der Waals surface area contributed by atoms with E-state index in [9.17, 15) is 0 Å². The molecule has 0 aliphatic rings. The van der Waals surface area contributed by atoms with Crippen molar-refractivity contribution in [2.24, 2.45) is 5.73 Å². The topological polar surface area (TPSA) is 49.8 Å². The predicted octanol–water partition coefficient (Wildman–Crippen LogP) is 1.90. The molecular weight excluding hydrogens is 148 g/mol. The number of nitrogens with two attached hydrogens (primary N) is 1. The molecule has 1 aromatic carbocycles. The van der Waals surface area contributed by atoms with Crippen molar-refractivity contribution in [3.8, 4) is 6.07 Å². The summed E-state index contributed by atoms with van der Waals surface area (Å²) in [4.78, 5) is 0. The summed E-state index contributed by atoms with van der Waals surface area (Å²) in [5.41, 5.74) is 7.52. The summed E-state index contributed by atoms with van der Waals surface area (Å²) in [6.45, 7) is 1.73. The van der Waals surface area contributed by atoms with E-state index < -0.39 is 0 Å². The summed E-state index contributed by atoms with van der Waals surface area (Å²) in [5.74, 6) is 0. The normalized spacial score (nSPS) is 11.7. The summed E-state index contributed by atoms with van der Waals surface area (Å²) in [6, 6.07) is 11.5. The molecule has 0 spiro atoms. The lowest BCUT2D eigenvalue weighted by Gasteiger charge is -1.99. The second-order valence-electron chi connectivity index (χ2n) is 2.54. The van der Waals surface area contributed by atoms with Crippen LogP contribution in [0.1, 0.15) is 12.5 Å². The van der Waals surface area contributed by atoms with E-state index in [0.717, 1.165) is 5.56 Å². The molecule has 0 atom stereocenters. The van der Waals surface area contributed by atoms with Gasteiger partial charge in [-0.2, -0.15) is 5.26 Å². The van der Waals surface area contributed by atoms with E-state index in [1.54, 1.807) is 6.92 Å². The predicted molar refractivity (Wildman–Crippen MR) is 48.8 cm³/mol. The average Bonchev–Trinajstić information content (AvgIpc) is 2.07. The first-order valence-electron chi connectivity index (χ1n) is 3.67. The number of hydrogen-bond acceptors (Lipinski definition) is 2. The van der Waals surface area contributed by atoms with Crippen LogP contribution in [0.4, 0.5) is 0 Å². The van der Waals surface area contributed by atoms with Gasteiger partial charge in [-0.15, -0.1) is 0 Å². The number of benzene rings is 1. The molecule has 2 N–H and O–H groups in total. The zero-order valence-corrected chi connectivity index (χ0v) is 6.91. The van der Waals surface area contributed by atoms with Gasteiger partial charge in [0.15, 0.2) is 0 Å². The fourth-order valence-electron chi connectivity index (χ4n) is 0.985. The highest BCUT2D eigenvalue weighted by Gasteiger charge is 2.00. The number of rotatable bonds is 1. The van der Waals surface area contributed by atoms with E-state index in [1.165, 1.54) is 0 Å². The second-order valence-corrected chi connectivity index (χ2v) is 2.54. The van der Waals surface area contributed by atoms with Crippen molar-refractivity contribution in [3.05, 3.63) is 41.6 Å². The lowest BCUT2D eigenvalue weighted by atomic mass is 10.1. The Hall–Kier alpha value is -1.75. The van der Waals surface area contributed by atoms with Crippen LogP contribution >= 0.6 is 0 Å². The largest absolute Gasteiger partial charge is 0.401 e. The molecule has 1 rings (SSSR count). The lowest BCUT2D eigenvalue weighted by molar-refractivity contribution is 1.32. The van der Waals surface area contributed by atoms with Gasteiger partial charge >= 0.3 is 0 Å². The van der Waals surface area contributed by atoms with Crippen LogP contribution in [0, 0.1) is 11.3 Å². The van der Waals surface area contributed by atoms with Gasteiger partial charge in [0.1, 0.15) is 6.07 Å². The first-order chi connectivity index (χ1) is 5.75. The highest BCUT2D eigenvalue weighted by atomic mass is 14.6. The average molecular weight is 158 g/mol. The molecule has 0 unspecified atom stereocenters. The number of nitrogens with zero attached hydrogens (tertiary/aromatic N) is 1. The molecule has 0 fully saturated rings. The SMILES string of the molecule is C/C(N)=C(\C#N)c1ccccc1. The summed E-state index contributed by atoms with van der Waals surface area (Å²) in [7, 11) is 0. The van der Waals surface area contributed by atoms with Crippen LogP contribution in [-0.2, 0) is 0 Å². The van der Waals surface area contributed by atoms with Crippen molar-refractivity contribution >= 4 is 5.57 Å². The Bertz CT molecular complexity index is 327. The Morgan fingerprint density at radius 1 is 1.33 bits per heavy atom. The molecule has 0 amide bonds. The quantitative estimate of drug-likeness (QED) is 0.634. The Labute approximate surface area is 71.9 Å². The Morgan fingerprint density at radius 3 is 2.33 bits per heavy atom. The minimum atomic E-state index is 0.551. The Kier molecular flexibility index (Phi) is 2.49. The van der Waals surface area contributed by atoms with Gasteiger partial charge in [0.05, 0.1) is 5.57 Å². The highest BCUT2D eigenvalue weighted by molar-refractivity contribution is 5.78. The summed E-state index contributed by atoms with van der Waals surface area (Å²) < 4.78 is 0. The minimum Gasteiger partial charge on any atom is -0.401 e. The van der Waals surface area contributed by atoms with E-state index in [4.69, 9.17) is 11.0 Å². The molecule has 12 heavy (non-hydrogen) atoms. The van der Waals surface area contributed by atoms with Crippen LogP contribution in [-0.4, -0.2) is 0 Å². The van der Waals surface area contributed by atoms with Gasteiger partial charge in [0.2, 0.25) is 0 Å². The van der Waals surface area contributed by atoms with Crippen LogP contribution in [0.3, 0.4) is 0 Å². The fraction of sp³-hybridized carbons (Fsp3) is 0.100. The molecule has 0 saturated carbocycles. The molecule has 0 aromatic heterocycles. The van der Waals surface area contributed by atoms with E-state index >= 15 is 0 Å². The molecule has 0 heterocycles. The van der Waals surface area contributed by atoms with Gasteiger partial charge in [0, 0.05) is 5.70 Å². The number of allylic oxidation sites excluding steroid dienone is 2. The van der Waals surface area contributed by atoms with Gasteiger partial charge in [0.25, 0.3) is 0 Å². The summed E-state index contributed by atoms with van der Waals surface area (Å²) in [6.07, 6.45) is 0. The third-order valence-electron chi connectivity index (χ3n) is 1.57. The van der Waals surface area contributed by atoms with Crippen LogP contribution < -0.4 is 5.73 Å². The number of nitriles is 1. The van der Waals surface area contributed by atoms with Crippen molar-refractivity contribution < 1.29 is 0 Å². The zero-order valence-electron chi connectivity index (χ0n) is 6.91. The van der Waals surface area contributed by atoms with Crippen molar-refractivity contribution in [2.45, 2.75) is 6.92 Å². The van der Waals surface area contributed by atoms with Gasteiger partial charge in [-0.3, -0.25) is 0 Å². The van der Waals surface area contributed by atoms with Crippen molar-refractivity contribution in [1.29, 1.82) is 5.26 Å². The molecule has 0 bridgehead atoms. The molecule has 60 valence electrons. The van der Waals surface area contributed by atoms with E-state index in [-0.39, 0.29) is 0 Å². The van der Waals surface area contributed by atoms with E-state index in [0.29, 0.717) is 11.3 Å². The fourth-order valence-corrected chi connectivity index (χ4v) is 0.985. The third kappa shape index (κ3) is 1.64. The molecule has 0 aliphatic carbocycles. The van der Waals surface area contributed by atoms with Crippen LogP contribution in [0.15, 0.2) is 36.0 Å². The second kappa shape index (κ2) is 3.59. The van der Waals surface area contributed by atoms with Gasteiger partial charge < -0.3 is 5.73 Å². The Balaban J connectivity index is 3.17. The van der Waals surface area contributed by atoms with Gasteiger partial charge in [-0.05, 0) is 12.5 Å². The zero-order chi connectivity index (χ0) is 8.97. The Morgan fingerprint density at radius 2 is 1.92 bits per heavy atom. The third-order valence-corrected chi connectivity index (χ3v) is 1.57. The maximum atomic E-state index is 8.76. The first-order valence-corrected chi connectivity index (χ1v) is 3.67. The lowest BCUT2D eigenvalue weighted by Crippen LogP contribution is -1.95. The monoisotopic (exact) mass is 158 g/mol. The minimum absolute atomic E-state index is 0.551. The maximum absolute atomic E-state index is 8.76. The number of hydrogen-bond donors (Lipinski definition) is 1. The smallest absolute Gasteiger partial charge is 0.102 e. The van der Waals surface area contributed by atoms with Crippen molar-refractivity contribution in [3.63, 3.8) is 0 Å². The van der Waals surface area contributed by atoms with Crippen molar-refractivity contribution in [1.82, 2.24) is 0 Å². The maximum Gasteiger partial charge on any atom is 0.102 e. The molecule has 2 nitrogen and oxygen atoms in total. The van der Waals surface area contributed by atoms with E-state index in [1.807, 2.05) is 30.3 Å². The molecule has 0 aliphatic heterocycles. The first kappa shape index (κ1) is 8.35. The van der Waals surface area contributed by atoms with Crippen LogP contribution in [0.2, 0.25) is 0 Å². The van der Waals surface area contributed by atoms with E-state index in [2.05, 4.69) is 6.07 Å². The summed E-state index contributed by atoms with van der Waals surface area (Å²) in [5, 5.41) is 8.76. The van der Waals surface area contributed by atoms with Gasteiger partial charge in [-0.25, -0.2) is 0 Å². The molecular formula is C10H10N2. The summed E-state index contributed by atoms with van der Waals surface area (Å²) >= 11 is 0. The van der Waals surface area contributed by atoms with Crippen molar-refractivity contribution in [2.75, 3.05) is 0 Å². The van der Waals surface area contributed by atoms with Crippen LogP contribution in [0.25, 0.3) is 5.57 Å². The van der Waals surface area contributed by atoms with Crippen LogP contribution in [0.5, 0.6) is 0 Å². The molecule has 0 saturated heterocycles. The molecule has 1 aromatic rings. The highest BCUT2D eigenvalue weighted by Crippen LogP contribution is 2.14. The standard InChI is InChI=1S/C10H10N2/c1-8(12)10(7-11)9-5-3-2-4-6-9/h2-6H,12H2,1H3/b10-8-. The molecule has 0 radical (unpaired) electrons. The van der Waals surface area contributed by atoms with Gasteiger partial charge in [-0.1, -0.05) is 30.3 Å².